The summed E-state index contributed by atoms with van der Waals surface area (Å²) in [4.78, 5) is 12.8. The van der Waals surface area contributed by atoms with Crippen LogP contribution in [0.1, 0.15) is 32.6 Å². The molecule has 0 bridgehead atoms. The van der Waals surface area contributed by atoms with E-state index in [1.807, 2.05) is 60.7 Å². The van der Waals surface area contributed by atoms with Crippen LogP contribution in [0.3, 0.4) is 0 Å². The molecule has 1 aromatic heterocycles. The molecular weight excluding hydrogens is 760 g/mol. The summed E-state index contributed by atoms with van der Waals surface area (Å²) in [5.74, 6) is 2.05. The highest BCUT2D eigenvalue weighted by Gasteiger charge is 2.35. The quantitative estimate of drug-likeness (QED) is 0.139. The number of ether oxygens (including phenoxy) is 3. The number of rotatable bonds is 13. The molecule has 0 unspecified atom stereocenters. The monoisotopic (exact) mass is 794 g/mol. The number of methoxy groups -OCH3 is 3. The maximum Gasteiger partial charge on any atom is 0.251 e. The van der Waals surface area contributed by atoms with Gasteiger partial charge in [0.15, 0.2) is 5.82 Å². The van der Waals surface area contributed by atoms with Gasteiger partial charge in [0.2, 0.25) is 10.0 Å². The Morgan fingerprint density at radius 2 is 1.28 bits per heavy atom. The molecule has 1 N–H and O–H groups in total. The van der Waals surface area contributed by atoms with Gasteiger partial charge in [0.1, 0.15) is 22.1 Å². The lowest BCUT2D eigenvalue weighted by Gasteiger charge is -2.26. The number of fused-ring (bicyclic) bond motifs is 1. The molecule has 1 aliphatic heterocycles. The van der Waals surface area contributed by atoms with Gasteiger partial charge in [-0.25, -0.2) is 13.1 Å². The van der Waals surface area contributed by atoms with Gasteiger partial charge >= 0.3 is 0 Å². The van der Waals surface area contributed by atoms with Gasteiger partial charge in [-0.2, -0.15) is 4.31 Å². The van der Waals surface area contributed by atoms with Crippen LogP contribution in [0, 0.1) is 0 Å². The Kier molecular flexibility index (Phi) is 10.3. The molecular formula is C39H35BrN6O6S. The number of hydrogen-bond donors (Lipinski definition) is 1. The molecule has 0 atom stereocenters. The number of sulfonamides is 1. The predicted molar refractivity (Wildman–Crippen MR) is 202 cm³/mol. The average Bonchev–Trinajstić information content (AvgIpc) is 3.81. The van der Waals surface area contributed by atoms with Crippen LogP contribution >= 0.6 is 15.9 Å². The second kappa shape index (κ2) is 15.2. The van der Waals surface area contributed by atoms with E-state index >= 15 is 8.42 Å². The first-order chi connectivity index (χ1) is 25.7. The largest absolute Gasteiger partial charge is 0.497 e. The molecule has 14 heteroatoms. The molecule has 0 fully saturated rings. The first kappa shape index (κ1) is 35.8. The summed E-state index contributed by atoms with van der Waals surface area (Å²) in [7, 11) is 0.407. The number of nitrogens with zero attached hydrogens (tertiary/aromatic N) is 5. The van der Waals surface area contributed by atoms with Gasteiger partial charge in [-0.3, -0.25) is 4.79 Å². The summed E-state index contributed by atoms with van der Waals surface area (Å²) < 4.78 is 50.2. The van der Waals surface area contributed by atoms with E-state index in [1.165, 1.54) is 4.31 Å². The summed E-state index contributed by atoms with van der Waals surface area (Å²) in [5, 5.41) is 15.7. The Bertz CT molecular complexity index is 2330. The van der Waals surface area contributed by atoms with Crippen molar-refractivity contribution in [3.05, 3.63) is 135 Å². The summed E-state index contributed by atoms with van der Waals surface area (Å²) >= 11 is 3.63. The van der Waals surface area contributed by atoms with Crippen LogP contribution in [0.2, 0.25) is 0 Å². The zero-order chi connectivity index (χ0) is 37.1. The minimum atomic E-state index is -4.35. The normalized spacial score (nSPS) is 12.4. The van der Waals surface area contributed by atoms with Crippen LogP contribution < -0.4 is 19.5 Å². The number of halogens is 1. The zero-order valence-corrected chi connectivity index (χ0v) is 31.5. The van der Waals surface area contributed by atoms with Crippen molar-refractivity contribution in [1.82, 2.24) is 29.8 Å². The third-order valence-electron chi connectivity index (χ3n) is 9.13. The van der Waals surface area contributed by atoms with Gasteiger partial charge in [-0.05, 0) is 108 Å². The highest BCUT2D eigenvalue weighted by atomic mass is 79.9. The van der Waals surface area contributed by atoms with Crippen LogP contribution in [-0.4, -0.2) is 60.2 Å². The first-order valence-electron chi connectivity index (χ1n) is 16.6. The molecule has 2 heterocycles. The van der Waals surface area contributed by atoms with Crippen LogP contribution in [0.5, 0.6) is 17.2 Å². The van der Waals surface area contributed by atoms with E-state index in [2.05, 4.69) is 36.8 Å². The topological polar surface area (TPSA) is 138 Å². The molecule has 0 aliphatic carbocycles. The summed E-state index contributed by atoms with van der Waals surface area (Å²) in [6, 6.07) is 31.0. The van der Waals surface area contributed by atoms with Gasteiger partial charge in [-0.1, -0.05) is 54.6 Å². The molecule has 5 aromatic carbocycles. The van der Waals surface area contributed by atoms with Gasteiger partial charge in [0.05, 0.1) is 27.9 Å². The Morgan fingerprint density at radius 1 is 0.736 bits per heavy atom. The van der Waals surface area contributed by atoms with Gasteiger partial charge in [0, 0.05) is 35.2 Å². The number of carbonyl (C=O) groups is 1. The molecule has 7 rings (SSSR count). The minimum absolute atomic E-state index is 0.0160. The van der Waals surface area contributed by atoms with Crippen molar-refractivity contribution in [2.24, 2.45) is 0 Å². The summed E-state index contributed by atoms with van der Waals surface area (Å²) in [6.45, 7) is 0.626. The second-order valence-electron chi connectivity index (χ2n) is 12.3. The molecule has 0 saturated carbocycles. The fourth-order valence-corrected chi connectivity index (χ4v) is 8.99. The third kappa shape index (κ3) is 7.25. The molecule has 1 aliphatic rings. The molecule has 12 nitrogen and oxygen atoms in total. The van der Waals surface area contributed by atoms with E-state index in [-0.39, 0.29) is 36.3 Å². The molecule has 0 radical (unpaired) electrons. The number of benzene rings is 5. The molecule has 53 heavy (non-hydrogen) atoms. The average molecular weight is 796 g/mol. The Labute approximate surface area is 315 Å². The number of amides is 1. The van der Waals surface area contributed by atoms with E-state index in [1.54, 1.807) is 68.5 Å². The Morgan fingerprint density at radius 3 is 1.85 bits per heavy atom. The van der Waals surface area contributed by atoms with E-state index < -0.39 is 10.0 Å². The van der Waals surface area contributed by atoms with Crippen molar-refractivity contribution in [2.75, 3.05) is 21.3 Å². The van der Waals surface area contributed by atoms with Crippen LogP contribution in [0.4, 0.5) is 0 Å². The zero-order valence-electron chi connectivity index (χ0n) is 29.1. The van der Waals surface area contributed by atoms with Crippen molar-refractivity contribution in [2.45, 2.75) is 31.1 Å². The molecule has 6 aromatic rings. The van der Waals surface area contributed by atoms with Crippen molar-refractivity contribution >= 4 is 31.9 Å². The van der Waals surface area contributed by atoms with Gasteiger partial charge in [0.25, 0.3) is 5.91 Å². The van der Waals surface area contributed by atoms with Crippen molar-refractivity contribution in [3.8, 4) is 39.8 Å². The van der Waals surface area contributed by atoms with Crippen molar-refractivity contribution in [1.29, 1.82) is 0 Å². The maximum absolute atomic E-state index is 15.4. The minimum Gasteiger partial charge on any atom is -0.497 e. The SMILES string of the molecule is COc1ccc(CN(Cc2ccc(OC)cc2)S(=O)(=O)c2c(Br)ccc(-c3cccc4c3CNC4=O)c2-c2nnnn2Cc2ccc(OC)cc2)cc1. The Hall–Kier alpha value is -5.57. The summed E-state index contributed by atoms with van der Waals surface area (Å²) in [5.41, 5.74) is 5.20. The number of hydrogen-bond acceptors (Lipinski definition) is 9. The van der Waals surface area contributed by atoms with E-state index in [0.29, 0.717) is 50.5 Å². The van der Waals surface area contributed by atoms with Crippen molar-refractivity contribution < 1.29 is 27.4 Å². The Balaban J connectivity index is 1.43. The maximum atomic E-state index is 15.4. The van der Waals surface area contributed by atoms with E-state index in [4.69, 9.17) is 14.2 Å². The number of tetrazole rings is 1. The molecule has 1 amide bonds. The van der Waals surface area contributed by atoms with Crippen LogP contribution in [-0.2, 0) is 36.2 Å². The molecule has 0 saturated heterocycles. The molecule has 270 valence electrons. The number of carbonyl (C=O) groups excluding carboxylic acids is 1. The number of nitrogens with one attached hydrogen (secondary N) is 1. The predicted octanol–water partition coefficient (Wildman–Crippen LogP) is 6.48. The fourth-order valence-electron chi connectivity index (χ4n) is 6.38. The standard InChI is InChI=1S/C39H35BrN6O6S/c1-50-28-13-7-25(8-14-28)22-45(23-26-9-15-29(51-2)16-10-26)53(48,49)37-35(40)20-19-32(31-5-4-6-33-34(31)21-41-39(33)47)36(37)38-42-43-44-46(38)24-27-11-17-30(52-3)18-12-27/h4-20H,21-24H2,1-3H3,(H,41,47). The number of aromatic nitrogens is 4. The lowest BCUT2D eigenvalue weighted by molar-refractivity contribution is 0.0965. The van der Waals surface area contributed by atoms with E-state index in [9.17, 15) is 4.79 Å². The van der Waals surface area contributed by atoms with Crippen LogP contribution in [0.25, 0.3) is 22.5 Å². The van der Waals surface area contributed by atoms with Crippen molar-refractivity contribution in [3.63, 3.8) is 0 Å². The van der Waals surface area contributed by atoms with Gasteiger partial charge in [-0.15, -0.1) is 5.10 Å². The smallest absolute Gasteiger partial charge is 0.251 e. The second-order valence-corrected chi connectivity index (χ2v) is 15.0. The highest BCUT2D eigenvalue weighted by molar-refractivity contribution is 9.10. The third-order valence-corrected chi connectivity index (χ3v) is 11.9. The molecule has 0 spiro atoms. The summed E-state index contributed by atoms with van der Waals surface area (Å²) in [6.07, 6.45) is 0. The highest BCUT2D eigenvalue weighted by Crippen LogP contribution is 2.44. The lowest BCUT2D eigenvalue weighted by atomic mass is 9.93. The lowest BCUT2D eigenvalue weighted by Crippen LogP contribution is -2.31. The van der Waals surface area contributed by atoms with Crippen LogP contribution in [0.15, 0.2) is 112 Å². The first-order valence-corrected chi connectivity index (χ1v) is 18.8. The van der Waals surface area contributed by atoms with E-state index in [0.717, 1.165) is 22.3 Å². The van der Waals surface area contributed by atoms with Gasteiger partial charge < -0.3 is 19.5 Å². The fraction of sp³-hybridized carbons (Fsp3) is 0.179.